The molecule has 0 radical (unpaired) electrons. The van der Waals surface area contributed by atoms with Crippen molar-refractivity contribution in [1.29, 1.82) is 0 Å². The number of alkyl halides is 3. The summed E-state index contributed by atoms with van der Waals surface area (Å²) in [4.78, 5) is 0. The number of halogens is 3. The number of aromatic hydroxyl groups is 1. The first-order chi connectivity index (χ1) is 9.23. The molecule has 5 heteroatoms. The van der Waals surface area contributed by atoms with Crippen molar-refractivity contribution in [2.24, 2.45) is 0 Å². The minimum absolute atomic E-state index is 0.277. The Morgan fingerprint density at radius 2 is 1.40 bits per heavy atom. The summed E-state index contributed by atoms with van der Waals surface area (Å²) in [6, 6.07) is 9.20. The summed E-state index contributed by atoms with van der Waals surface area (Å²) in [6.45, 7) is 3.79. The summed E-state index contributed by atoms with van der Waals surface area (Å²) in [6.07, 6.45) is -4.78. The van der Waals surface area contributed by atoms with Crippen LogP contribution in [0.25, 0.3) is 11.1 Å². The largest absolute Gasteiger partial charge is 0.573 e. The van der Waals surface area contributed by atoms with Crippen LogP contribution in [0.2, 0.25) is 0 Å². The van der Waals surface area contributed by atoms with Crippen molar-refractivity contribution in [3.05, 3.63) is 47.5 Å². The van der Waals surface area contributed by atoms with E-state index in [1.54, 1.807) is 0 Å². The van der Waals surface area contributed by atoms with Gasteiger partial charge in [0.1, 0.15) is 11.5 Å². The fourth-order valence-electron chi connectivity index (χ4n) is 2.08. The van der Waals surface area contributed by atoms with E-state index < -0.39 is 12.1 Å². The van der Waals surface area contributed by atoms with Crippen LogP contribution >= 0.6 is 0 Å². The molecule has 0 aliphatic heterocycles. The van der Waals surface area contributed by atoms with Gasteiger partial charge >= 0.3 is 6.36 Å². The molecular weight excluding hydrogens is 269 g/mol. The standard InChI is InChI=1S/C15H13F3O2/c1-9-3-10(2)5-11(4-9)12-6-13(19)8-14(7-12)20-15(16,17)18/h3-8,19H,1-2H3. The number of hydrogen-bond donors (Lipinski definition) is 1. The quantitative estimate of drug-likeness (QED) is 0.874. The lowest BCUT2D eigenvalue weighted by atomic mass is 10.0. The Balaban J connectivity index is 2.46. The van der Waals surface area contributed by atoms with Crippen LogP contribution in [-0.2, 0) is 0 Å². The molecule has 106 valence electrons. The Labute approximate surface area is 114 Å². The van der Waals surface area contributed by atoms with Gasteiger partial charge in [0.15, 0.2) is 0 Å². The number of aryl methyl sites for hydroxylation is 2. The molecule has 0 spiro atoms. The fraction of sp³-hybridized carbons (Fsp3) is 0.200. The summed E-state index contributed by atoms with van der Waals surface area (Å²) in [5.41, 5.74) is 3.17. The second-order valence-electron chi connectivity index (χ2n) is 4.64. The van der Waals surface area contributed by atoms with E-state index in [-0.39, 0.29) is 5.75 Å². The lowest BCUT2D eigenvalue weighted by Gasteiger charge is -2.12. The van der Waals surface area contributed by atoms with Crippen LogP contribution < -0.4 is 4.74 Å². The zero-order chi connectivity index (χ0) is 14.9. The molecule has 0 fully saturated rings. The van der Waals surface area contributed by atoms with Crippen molar-refractivity contribution in [2.75, 3.05) is 0 Å². The lowest BCUT2D eigenvalue weighted by molar-refractivity contribution is -0.274. The second kappa shape index (κ2) is 5.07. The Bertz CT molecular complexity index is 613. The minimum Gasteiger partial charge on any atom is -0.508 e. The van der Waals surface area contributed by atoms with Crippen LogP contribution in [0.3, 0.4) is 0 Å². The third kappa shape index (κ3) is 3.66. The van der Waals surface area contributed by atoms with E-state index in [1.165, 1.54) is 12.1 Å². The monoisotopic (exact) mass is 282 g/mol. The molecule has 1 N–H and O–H groups in total. The summed E-state index contributed by atoms with van der Waals surface area (Å²) >= 11 is 0. The van der Waals surface area contributed by atoms with E-state index in [0.717, 1.165) is 22.8 Å². The maximum Gasteiger partial charge on any atom is 0.573 e. The van der Waals surface area contributed by atoms with Gasteiger partial charge in [0, 0.05) is 6.07 Å². The van der Waals surface area contributed by atoms with Gasteiger partial charge in [0.2, 0.25) is 0 Å². The molecule has 20 heavy (non-hydrogen) atoms. The normalized spacial score (nSPS) is 11.4. The number of benzene rings is 2. The molecule has 2 aromatic carbocycles. The van der Waals surface area contributed by atoms with Gasteiger partial charge in [-0.05, 0) is 37.1 Å². The average molecular weight is 282 g/mol. The topological polar surface area (TPSA) is 29.5 Å². The van der Waals surface area contributed by atoms with Crippen LogP contribution in [0.1, 0.15) is 11.1 Å². The predicted octanol–water partition coefficient (Wildman–Crippen LogP) is 4.57. The van der Waals surface area contributed by atoms with Gasteiger partial charge in [0.05, 0.1) is 0 Å². The summed E-state index contributed by atoms with van der Waals surface area (Å²) in [5.74, 6) is -0.715. The van der Waals surface area contributed by atoms with Crippen molar-refractivity contribution in [1.82, 2.24) is 0 Å². The summed E-state index contributed by atoms with van der Waals surface area (Å²) in [5, 5.41) is 9.54. The second-order valence-corrected chi connectivity index (χ2v) is 4.64. The van der Waals surface area contributed by atoms with Crippen molar-refractivity contribution in [3.8, 4) is 22.6 Å². The summed E-state index contributed by atoms with van der Waals surface area (Å²) in [7, 11) is 0. The Morgan fingerprint density at radius 1 is 0.850 bits per heavy atom. The van der Waals surface area contributed by atoms with E-state index in [9.17, 15) is 18.3 Å². The van der Waals surface area contributed by atoms with Crippen molar-refractivity contribution in [3.63, 3.8) is 0 Å². The third-order valence-electron chi connectivity index (χ3n) is 2.68. The van der Waals surface area contributed by atoms with Crippen molar-refractivity contribution >= 4 is 0 Å². The molecule has 0 bridgehead atoms. The summed E-state index contributed by atoms with van der Waals surface area (Å²) < 4.78 is 40.5. The van der Waals surface area contributed by atoms with Crippen LogP contribution in [-0.4, -0.2) is 11.5 Å². The van der Waals surface area contributed by atoms with Crippen LogP contribution in [0, 0.1) is 13.8 Å². The number of ether oxygens (including phenoxy) is 1. The third-order valence-corrected chi connectivity index (χ3v) is 2.68. The van der Waals surface area contributed by atoms with E-state index in [4.69, 9.17) is 0 Å². The maximum absolute atomic E-state index is 12.2. The molecule has 2 aromatic rings. The molecule has 0 saturated heterocycles. The molecule has 0 heterocycles. The van der Waals surface area contributed by atoms with E-state index >= 15 is 0 Å². The smallest absolute Gasteiger partial charge is 0.508 e. The molecule has 0 atom stereocenters. The molecule has 0 aliphatic rings. The number of hydrogen-bond acceptors (Lipinski definition) is 2. The molecule has 0 saturated carbocycles. The van der Waals surface area contributed by atoms with E-state index in [2.05, 4.69) is 4.74 Å². The van der Waals surface area contributed by atoms with Gasteiger partial charge < -0.3 is 9.84 Å². The minimum atomic E-state index is -4.78. The van der Waals surface area contributed by atoms with Gasteiger partial charge in [-0.3, -0.25) is 0 Å². The highest BCUT2D eigenvalue weighted by molar-refractivity contribution is 5.68. The highest BCUT2D eigenvalue weighted by atomic mass is 19.4. The first-order valence-electron chi connectivity index (χ1n) is 5.91. The Morgan fingerprint density at radius 3 is 1.95 bits per heavy atom. The highest BCUT2D eigenvalue weighted by Gasteiger charge is 2.31. The molecule has 0 amide bonds. The lowest BCUT2D eigenvalue weighted by Crippen LogP contribution is -2.17. The zero-order valence-electron chi connectivity index (χ0n) is 11.0. The van der Waals surface area contributed by atoms with E-state index in [1.807, 2.05) is 32.0 Å². The molecular formula is C15H13F3O2. The average Bonchev–Trinajstić information content (AvgIpc) is 2.24. The van der Waals surface area contributed by atoms with Gasteiger partial charge in [0.25, 0.3) is 0 Å². The molecule has 0 unspecified atom stereocenters. The number of rotatable bonds is 2. The fourth-order valence-corrected chi connectivity index (χ4v) is 2.08. The first kappa shape index (κ1) is 14.2. The first-order valence-corrected chi connectivity index (χ1v) is 5.91. The molecule has 2 rings (SSSR count). The van der Waals surface area contributed by atoms with Gasteiger partial charge in [-0.15, -0.1) is 13.2 Å². The van der Waals surface area contributed by atoms with Crippen molar-refractivity contribution in [2.45, 2.75) is 20.2 Å². The van der Waals surface area contributed by atoms with Gasteiger partial charge in [-0.2, -0.15) is 0 Å². The SMILES string of the molecule is Cc1cc(C)cc(-c2cc(O)cc(OC(F)(F)F)c2)c1. The molecule has 0 aliphatic carbocycles. The van der Waals surface area contributed by atoms with Crippen LogP contribution in [0.5, 0.6) is 11.5 Å². The van der Waals surface area contributed by atoms with Crippen molar-refractivity contribution < 1.29 is 23.0 Å². The number of phenols is 1. The van der Waals surface area contributed by atoms with E-state index in [0.29, 0.717) is 5.56 Å². The molecule has 2 nitrogen and oxygen atoms in total. The Hall–Kier alpha value is -2.17. The highest BCUT2D eigenvalue weighted by Crippen LogP contribution is 2.32. The zero-order valence-corrected chi connectivity index (χ0v) is 11.0. The maximum atomic E-state index is 12.2. The van der Waals surface area contributed by atoms with Crippen LogP contribution in [0.4, 0.5) is 13.2 Å². The number of phenolic OH excluding ortho intramolecular Hbond substituents is 1. The Kier molecular flexibility index (Phi) is 3.61. The molecule has 0 aromatic heterocycles. The van der Waals surface area contributed by atoms with Gasteiger partial charge in [-0.1, -0.05) is 29.3 Å². The van der Waals surface area contributed by atoms with Gasteiger partial charge in [-0.25, -0.2) is 0 Å². The predicted molar refractivity (Wildman–Crippen MR) is 69.7 cm³/mol. The van der Waals surface area contributed by atoms with Crippen LogP contribution in [0.15, 0.2) is 36.4 Å².